The summed E-state index contributed by atoms with van der Waals surface area (Å²) >= 11 is 0. The Morgan fingerprint density at radius 1 is 1.29 bits per heavy atom. The van der Waals surface area contributed by atoms with Crippen LogP contribution in [0.2, 0.25) is 0 Å². The van der Waals surface area contributed by atoms with E-state index < -0.39 is 0 Å². The van der Waals surface area contributed by atoms with Crippen molar-refractivity contribution in [3.63, 3.8) is 0 Å². The Balaban J connectivity index is 1.98. The van der Waals surface area contributed by atoms with Crippen LogP contribution in [-0.2, 0) is 4.79 Å². The molecule has 0 radical (unpaired) electrons. The first-order chi connectivity index (χ1) is 10.1. The molecule has 6 nitrogen and oxygen atoms in total. The first-order valence-electron chi connectivity index (χ1n) is 7.74. The van der Waals surface area contributed by atoms with Crippen molar-refractivity contribution in [1.29, 1.82) is 0 Å². The van der Waals surface area contributed by atoms with Crippen molar-refractivity contribution < 1.29 is 4.79 Å². The molecule has 3 N–H and O–H groups in total. The van der Waals surface area contributed by atoms with Gasteiger partial charge in [0, 0.05) is 25.1 Å². The predicted molar refractivity (Wildman–Crippen MR) is 82.2 cm³/mol. The number of nitrogens with one attached hydrogen (secondary N) is 1. The number of rotatable bonds is 3. The molecule has 114 valence electrons. The lowest BCUT2D eigenvalue weighted by Gasteiger charge is -2.36. The summed E-state index contributed by atoms with van der Waals surface area (Å²) in [5.74, 6) is 2.74. The van der Waals surface area contributed by atoms with E-state index in [0.29, 0.717) is 11.7 Å². The Bertz CT molecular complexity index is 555. The quantitative estimate of drug-likeness (QED) is 0.877. The largest absolute Gasteiger partial charge is 0.383 e. The molecule has 21 heavy (non-hydrogen) atoms. The summed E-state index contributed by atoms with van der Waals surface area (Å²) in [6.07, 6.45) is 5.29. The van der Waals surface area contributed by atoms with Gasteiger partial charge in [-0.2, -0.15) is 0 Å². The van der Waals surface area contributed by atoms with Gasteiger partial charge in [-0.3, -0.25) is 4.79 Å². The third kappa shape index (κ3) is 2.66. The summed E-state index contributed by atoms with van der Waals surface area (Å²) in [6.45, 7) is 2.79. The van der Waals surface area contributed by atoms with Gasteiger partial charge >= 0.3 is 0 Å². The highest BCUT2D eigenvalue weighted by atomic mass is 16.2. The molecule has 2 aliphatic rings. The maximum absolute atomic E-state index is 12.2. The van der Waals surface area contributed by atoms with Gasteiger partial charge < -0.3 is 16.0 Å². The van der Waals surface area contributed by atoms with Crippen molar-refractivity contribution >= 4 is 17.5 Å². The van der Waals surface area contributed by atoms with E-state index in [1.54, 1.807) is 7.05 Å². The van der Waals surface area contributed by atoms with Crippen molar-refractivity contribution in [3.05, 3.63) is 11.4 Å². The smallest absolute Gasteiger partial charge is 0.242 e. The number of amides is 1. The topological polar surface area (TPSA) is 84.1 Å². The molecule has 1 saturated heterocycles. The van der Waals surface area contributed by atoms with Gasteiger partial charge in [-0.25, -0.2) is 9.97 Å². The number of carbonyl (C=O) groups is 1. The van der Waals surface area contributed by atoms with Crippen LogP contribution in [0.15, 0.2) is 0 Å². The normalized spacial score (nSPS) is 22.2. The number of piperidine rings is 1. The Morgan fingerprint density at radius 2 is 2.05 bits per heavy atom. The van der Waals surface area contributed by atoms with E-state index in [-0.39, 0.29) is 11.9 Å². The molecule has 1 atom stereocenters. The molecular formula is C15H23N5O. The second-order valence-electron chi connectivity index (χ2n) is 6.01. The van der Waals surface area contributed by atoms with Crippen molar-refractivity contribution in [3.8, 4) is 0 Å². The van der Waals surface area contributed by atoms with E-state index in [0.717, 1.165) is 55.9 Å². The van der Waals surface area contributed by atoms with Crippen LogP contribution in [-0.4, -0.2) is 35.5 Å². The predicted octanol–water partition coefficient (Wildman–Crippen LogP) is 1.35. The average molecular weight is 289 g/mol. The molecule has 1 amide bonds. The number of nitrogens with zero attached hydrogens (tertiary/aromatic N) is 3. The molecule has 6 heteroatoms. The second-order valence-corrected chi connectivity index (χ2v) is 6.01. The molecule has 1 saturated carbocycles. The van der Waals surface area contributed by atoms with Crippen molar-refractivity contribution in [2.45, 2.75) is 51.0 Å². The average Bonchev–Trinajstić information content (AvgIpc) is 3.34. The van der Waals surface area contributed by atoms with E-state index in [9.17, 15) is 4.79 Å². The summed E-state index contributed by atoms with van der Waals surface area (Å²) < 4.78 is 0. The van der Waals surface area contributed by atoms with Gasteiger partial charge in [0.1, 0.15) is 23.5 Å². The van der Waals surface area contributed by atoms with E-state index in [4.69, 9.17) is 10.7 Å². The lowest BCUT2D eigenvalue weighted by molar-refractivity contribution is -0.122. The lowest BCUT2D eigenvalue weighted by atomic mass is 10.0. The number of carbonyl (C=O) groups excluding carboxylic acids is 1. The summed E-state index contributed by atoms with van der Waals surface area (Å²) in [7, 11) is 1.69. The molecule has 1 unspecified atom stereocenters. The molecular weight excluding hydrogens is 266 g/mol. The van der Waals surface area contributed by atoms with Crippen LogP contribution in [0.5, 0.6) is 0 Å². The molecule has 1 aromatic rings. The Kier molecular flexibility index (Phi) is 3.69. The zero-order chi connectivity index (χ0) is 15.0. The molecule has 2 fully saturated rings. The minimum Gasteiger partial charge on any atom is -0.383 e. The van der Waals surface area contributed by atoms with Gasteiger partial charge in [-0.15, -0.1) is 0 Å². The van der Waals surface area contributed by atoms with Gasteiger partial charge in [0.05, 0.1) is 0 Å². The molecule has 0 spiro atoms. The molecule has 3 rings (SSSR count). The summed E-state index contributed by atoms with van der Waals surface area (Å²) in [4.78, 5) is 23.4. The maximum atomic E-state index is 12.2. The molecule has 0 aromatic carbocycles. The molecule has 1 aliphatic heterocycles. The van der Waals surface area contributed by atoms with Crippen LogP contribution in [0.3, 0.4) is 0 Å². The Labute approximate surface area is 125 Å². The van der Waals surface area contributed by atoms with Gasteiger partial charge in [0.2, 0.25) is 5.91 Å². The van der Waals surface area contributed by atoms with Gasteiger partial charge in [-0.05, 0) is 39.0 Å². The third-order valence-electron chi connectivity index (χ3n) is 4.44. The molecule has 1 aliphatic carbocycles. The monoisotopic (exact) mass is 289 g/mol. The van der Waals surface area contributed by atoms with Crippen molar-refractivity contribution in [1.82, 2.24) is 15.3 Å². The van der Waals surface area contributed by atoms with Crippen molar-refractivity contribution in [2.24, 2.45) is 0 Å². The number of likely N-dealkylation sites (N-methyl/N-ethyl adjacent to an activating group) is 1. The summed E-state index contributed by atoms with van der Waals surface area (Å²) in [5.41, 5.74) is 6.95. The van der Waals surface area contributed by atoms with E-state index >= 15 is 0 Å². The van der Waals surface area contributed by atoms with E-state index in [1.165, 1.54) is 0 Å². The van der Waals surface area contributed by atoms with E-state index in [2.05, 4.69) is 15.2 Å². The van der Waals surface area contributed by atoms with Crippen LogP contribution in [0.1, 0.15) is 49.4 Å². The number of anilines is 2. The second kappa shape index (κ2) is 5.50. The Morgan fingerprint density at radius 3 is 2.71 bits per heavy atom. The Hall–Kier alpha value is -1.85. The third-order valence-corrected chi connectivity index (χ3v) is 4.44. The van der Waals surface area contributed by atoms with Crippen LogP contribution in [0.25, 0.3) is 0 Å². The van der Waals surface area contributed by atoms with Gasteiger partial charge in [0.15, 0.2) is 0 Å². The van der Waals surface area contributed by atoms with Crippen LogP contribution < -0.4 is 16.0 Å². The minimum atomic E-state index is -0.149. The first-order valence-corrected chi connectivity index (χ1v) is 7.74. The first kappa shape index (κ1) is 14.1. The van der Waals surface area contributed by atoms with Gasteiger partial charge in [-0.1, -0.05) is 0 Å². The zero-order valence-corrected chi connectivity index (χ0v) is 12.7. The van der Waals surface area contributed by atoms with E-state index in [1.807, 2.05) is 6.92 Å². The standard InChI is InChI=1S/C15H23N5O/c1-9-12(16)18-13(10-6-7-10)19-14(9)20-8-4-3-5-11(20)15(21)17-2/h10-11H,3-8H2,1-2H3,(H,17,21)(H2,16,18,19). The fourth-order valence-electron chi connectivity index (χ4n) is 2.97. The molecule has 0 bridgehead atoms. The number of nitrogen functional groups attached to an aromatic ring is 1. The van der Waals surface area contributed by atoms with Crippen LogP contribution >= 0.6 is 0 Å². The fraction of sp³-hybridized carbons (Fsp3) is 0.667. The van der Waals surface area contributed by atoms with Gasteiger partial charge in [0.25, 0.3) is 0 Å². The fourth-order valence-corrected chi connectivity index (χ4v) is 2.97. The number of hydrogen-bond acceptors (Lipinski definition) is 5. The zero-order valence-electron chi connectivity index (χ0n) is 12.7. The number of aromatic nitrogens is 2. The molecule has 1 aromatic heterocycles. The summed E-state index contributed by atoms with van der Waals surface area (Å²) in [5, 5.41) is 2.76. The molecule has 2 heterocycles. The lowest BCUT2D eigenvalue weighted by Crippen LogP contribution is -2.49. The van der Waals surface area contributed by atoms with Crippen molar-refractivity contribution in [2.75, 3.05) is 24.2 Å². The maximum Gasteiger partial charge on any atom is 0.242 e. The highest BCUT2D eigenvalue weighted by molar-refractivity contribution is 5.85. The summed E-state index contributed by atoms with van der Waals surface area (Å²) in [6, 6.07) is -0.149. The highest BCUT2D eigenvalue weighted by Gasteiger charge is 2.33. The minimum absolute atomic E-state index is 0.0549. The van der Waals surface area contributed by atoms with Crippen LogP contribution in [0.4, 0.5) is 11.6 Å². The number of nitrogens with two attached hydrogens (primary N) is 1. The SMILES string of the molecule is CNC(=O)C1CCCCN1c1nc(C2CC2)nc(N)c1C. The highest BCUT2D eigenvalue weighted by Crippen LogP contribution is 2.40. The van der Waals surface area contributed by atoms with Crippen LogP contribution in [0, 0.1) is 6.92 Å². The number of hydrogen-bond donors (Lipinski definition) is 2.